The summed E-state index contributed by atoms with van der Waals surface area (Å²) >= 11 is 3.44. The molecule has 0 spiro atoms. The van der Waals surface area contributed by atoms with Crippen LogP contribution in [0.5, 0.6) is 0 Å². The molecule has 0 aliphatic rings. The number of carbonyl (C=O) groups excluding carboxylic acids is 1. The van der Waals surface area contributed by atoms with Gasteiger partial charge in [0.15, 0.2) is 0 Å². The number of hydrogen-bond acceptors (Lipinski definition) is 3. The standard InChI is InChI=1S/C16H14BrN3O/c1-11-8-14(6-7-15(11)17)19-10-16(21)20-13-4-2-12(9-18)3-5-13/h2-8,19H,10H2,1H3,(H,20,21). The van der Waals surface area contributed by atoms with E-state index in [0.717, 1.165) is 15.7 Å². The van der Waals surface area contributed by atoms with Crippen LogP contribution in [0.25, 0.3) is 0 Å². The van der Waals surface area contributed by atoms with Gasteiger partial charge in [0.2, 0.25) is 5.91 Å². The van der Waals surface area contributed by atoms with Crippen LogP contribution in [0.1, 0.15) is 11.1 Å². The summed E-state index contributed by atoms with van der Waals surface area (Å²) in [5, 5.41) is 14.6. The Labute approximate surface area is 131 Å². The van der Waals surface area contributed by atoms with Crippen LogP contribution in [-0.2, 0) is 4.79 Å². The first kappa shape index (κ1) is 15.1. The zero-order valence-electron chi connectivity index (χ0n) is 11.5. The highest BCUT2D eigenvalue weighted by molar-refractivity contribution is 9.10. The molecule has 2 N–H and O–H groups in total. The van der Waals surface area contributed by atoms with E-state index in [1.165, 1.54) is 0 Å². The number of aryl methyl sites for hydroxylation is 1. The van der Waals surface area contributed by atoms with Gasteiger partial charge in [-0.15, -0.1) is 0 Å². The van der Waals surface area contributed by atoms with Crippen molar-refractivity contribution in [2.75, 3.05) is 17.2 Å². The molecule has 0 aliphatic carbocycles. The number of amides is 1. The molecule has 0 saturated carbocycles. The van der Waals surface area contributed by atoms with Crippen LogP contribution in [-0.4, -0.2) is 12.5 Å². The van der Waals surface area contributed by atoms with Crippen LogP contribution in [0.3, 0.4) is 0 Å². The molecule has 2 aromatic carbocycles. The van der Waals surface area contributed by atoms with Gasteiger partial charge in [0.1, 0.15) is 0 Å². The number of nitrogens with zero attached hydrogens (tertiary/aromatic N) is 1. The maximum Gasteiger partial charge on any atom is 0.243 e. The Hall–Kier alpha value is -2.32. The minimum atomic E-state index is -0.139. The highest BCUT2D eigenvalue weighted by Crippen LogP contribution is 2.19. The molecule has 0 atom stereocenters. The summed E-state index contributed by atoms with van der Waals surface area (Å²) in [5.41, 5.74) is 3.24. The van der Waals surface area contributed by atoms with Gasteiger partial charge in [-0.05, 0) is 55.0 Å². The Kier molecular flexibility index (Phi) is 4.96. The molecule has 0 aliphatic heterocycles. The van der Waals surface area contributed by atoms with Crippen LogP contribution in [0.15, 0.2) is 46.9 Å². The van der Waals surface area contributed by atoms with Crippen molar-refractivity contribution >= 4 is 33.2 Å². The van der Waals surface area contributed by atoms with E-state index in [9.17, 15) is 4.79 Å². The topological polar surface area (TPSA) is 64.9 Å². The van der Waals surface area contributed by atoms with E-state index >= 15 is 0 Å². The number of anilines is 2. The quantitative estimate of drug-likeness (QED) is 0.889. The second kappa shape index (κ2) is 6.91. The van der Waals surface area contributed by atoms with Gasteiger partial charge in [0, 0.05) is 15.8 Å². The Balaban J connectivity index is 1.89. The summed E-state index contributed by atoms with van der Waals surface area (Å²) in [5.74, 6) is -0.139. The molecule has 0 aromatic heterocycles. The highest BCUT2D eigenvalue weighted by Gasteiger charge is 2.03. The highest BCUT2D eigenvalue weighted by atomic mass is 79.9. The van der Waals surface area contributed by atoms with Crippen molar-refractivity contribution in [3.05, 3.63) is 58.1 Å². The Morgan fingerprint density at radius 1 is 1.19 bits per heavy atom. The Morgan fingerprint density at radius 2 is 1.86 bits per heavy atom. The van der Waals surface area contributed by atoms with Gasteiger partial charge in [-0.3, -0.25) is 4.79 Å². The third-order valence-electron chi connectivity index (χ3n) is 2.91. The van der Waals surface area contributed by atoms with E-state index in [0.29, 0.717) is 11.3 Å². The minimum absolute atomic E-state index is 0.139. The van der Waals surface area contributed by atoms with E-state index in [1.807, 2.05) is 31.2 Å². The number of nitrogens with one attached hydrogen (secondary N) is 2. The van der Waals surface area contributed by atoms with Crippen molar-refractivity contribution < 1.29 is 4.79 Å². The molecule has 0 saturated heterocycles. The minimum Gasteiger partial charge on any atom is -0.376 e. The lowest BCUT2D eigenvalue weighted by atomic mass is 10.2. The zero-order valence-corrected chi connectivity index (χ0v) is 13.1. The van der Waals surface area contributed by atoms with Crippen LogP contribution in [0.4, 0.5) is 11.4 Å². The summed E-state index contributed by atoms with van der Waals surface area (Å²) in [7, 11) is 0. The summed E-state index contributed by atoms with van der Waals surface area (Å²) in [6, 6.07) is 14.6. The molecule has 106 valence electrons. The normalized spacial score (nSPS) is 9.76. The number of hydrogen-bond donors (Lipinski definition) is 2. The lowest BCUT2D eigenvalue weighted by Crippen LogP contribution is -2.21. The molecule has 0 heterocycles. The van der Waals surface area contributed by atoms with E-state index in [2.05, 4.69) is 26.6 Å². The molecular weight excluding hydrogens is 330 g/mol. The first-order valence-electron chi connectivity index (χ1n) is 6.38. The van der Waals surface area contributed by atoms with Crippen molar-refractivity contribution in [1.29, 1.82) is 5.26 Å². The SMILES string of the molecule is Cc1cc(NCC(=O)Nc2ccc(C#N)cc2)ccc1Br. The van der Waals surface area contributed by atoms with Gasteiger partial charge in [-0.1, -0.05) is 15.9 Å². The first-order valence-corrected chi connectivity index (χ1v) is 7.18. The monoisotopic (exact) mass is 343 g/mol. The molecule has 0 fully saturated rings. The molecule has 1 amide bonds. The van der Waals surface area contributed by atoms with E-state index in [4.69, 9.17) is 5.26 Å². The van der Waals surface area contributed by atoms with Crippen LogP contribution in [0, 0.1) is 18.3 Å². The molecule has 0 unspecified atom stereocenters. The maximum atomic E-state index is 11.8. The Bertz CT molecular complexity index is 690. The fourth-order valence-electron chi connectivity index (χ4n) is 1.77. The molecule has 2 rings (SSSR count). The first-order chi connectivity index (χ1) is 10.1. The van der Waals surface area contributed by atoms with Crippen LogP contribution >= 0.6 is 15.9 Å². The van der Waals surface area contributed by atoms with Crippen molar-refractivity contribution in [2.24, 2.45) is 0 Å². The second-order valence-electron chi connectivity index (χ2n) is 4.55. The molecule has 0 bridgehead atoms. The van der Waals surface area contributed by atoms with Gasteiger partial charge in [-0.2, -0.15) is 5.26 Å². The lowest BCUT2D eigenvalue weighted by Gasteiger charge is -2.09. The van der Waals surface area contributed by atoms with Crippen molar-refractivity contribution in [3.8, 4) is 6.07 Å². The molecule has 21 heavy (non-hydrogen) atoms. The average Bonchev–Trinajstić information content (AvgIpc) is 2.49. The zero-order chi connectivity index (χ0) is 15.2. The van der Waals surface area contributed by atoms with E-state index in [1.54, 1.807) is 24.3 Å². The largest absolute Gasteiger partial charge is 0.376 e. The van der Waals surface area contributed by atoms with Gasteiger partial charge < -0.3 is 10.6 Å². The number of carbonyl (C=O) groups is 1. The summed E-state index contributed by atoms with van der Waals surface area (Å²) in [4.78, 5) is 11.8. The lowest BCUT2D eigenvalue weighted by molar-refractivity contribution is -0.114. The molecule has 0 radical (unpaired) electrons. The molecule has 4 nitrogen and oxygen atoms in total. The summed E-state index contributed by atoms with van der Waals surface area (Å²) < 4.78 is 1.04. The summed E-state index contributed by atoms with van der Waals surface area (Å²) in [6.45, 7) is 2.17. The van der Waals surface area contributed by atoms with Crippen LogP contribution < -0.4 is 10.6 Å². The summed E-state index contributed by atoms with van der Waals surface area (Å²) in [6.07, 6.45) is 0. The van der Waals surface area contributed by atoms with Crippen molar-refractivity contribution in [3.63, 3.8) is 0 Å². The Morgan fingerprint density at radius 3 is 2.48 bits per heavy atom. The molecule has 2 aromatic rings. The number of benzene rings is 2. The van der Waals surface area contributed by atoms with E-state index in [-0.39, 0.29) is 12.5 Å². The average molecular weight is 344 g/mol. The smallest absolute Gasteiger partial charge is 0.243 e. The van der Waals surface area contributed by atoms with Gasteiger partial charge in [0.25, 0.3) is 0 Å². The second-order valence-corrected chi connectivity index (χ2v) is 5.41. The van der Waals surface area contributed by atoms with E-state index < -0.39 is 0 Å². The molecular formula is C16H14BrN3O. The van der Waals surface area contributed by atoms with Crippen molar-refractivity contribution in [1.82, 2.24) is 0 Å². The number of halogens is 1. The number of rotatable bonds is 4. The predicted octanol–water partition coefficient (Wildman–Crippen LogP) is 3.68. The molecule has 5 heteroatoms. The fourth-order valence-corrected chi connectivity index (χ4v) is 2.02. The van der Waals surface area contributed by atoms with Crippen LogP contribution in [0.2, 0.25) is 0 Å². The third kappa shape index (κ3) is 4.33. The van der Waals surface area contributed by atoms with Crippen molar-refractivity contribution in [2.45, 2.75) is 6.92 Å². The van der Waals surface area contributed by atoms with Gasteiger partial charge in [-0.25, -0.2) is 0 Å². The van der Waals surface area contributed by atoms with Gasteiger partial charge in [0.05, 0.1) is 18.2 Å². The van der Waals surface area contributed by atoms with Gasteiger partial charge >= 0.3 is 0 Å². The predicted molar refractivity (Wildman–Crippen MR) is 87.2 cm³/mol. The number of nitriles is 1. The maximum absolute atomic E-state index is 11.8. The third-order valence-corrected chi connectivity index (χ3v) is 3.80. The fraction of sp³-hybridized carbons (Fsp3) is 0.125.